The average molecular weight is 965 g/mol. The largest absolute Gasteiger partial charge is 0.0795 e. The highest BCUT2D eigenvalue weighted by atomic mass is 14.4. The van der Waals surface area contributed by atoms with Crippen LogP contribution in [0.4, 0.5) is 0 Å². The molecule has 0 nitrogen and oxygen atoms in total. The molecule has 0 spiro atoms. The molecule has 0 fully saturated rings. The monoisotopic (exact) mass is 965 g/mol. The Morgan fingerprint density at radius 3 is 1.45 bits per heavy atom. The van der Waals surface area contributed by atoms with Gasteiger partial charge >= 0.3 is 0 Å². The fourth-order valence-corrected chi connectivity index (χ4v) is 13.6. The molecule has 0 radical (unpaired) electrons. The van der Waals surface area contributed by atoms with Gasteiger partial charge in [-0.2, -0.15) is 0 Å². The summed E-state index contributed by atoms with van der Waals surface area (Å²) >= 11 is 0. The van der Waals surface area contributed by atoms with E-state index < -0.39 is 0 Å². The Kier molecular flexibility index (Phi) is 9.83. The number of allylic oxidation sites excluding steroid dienone is 3. The van der Waals surface area contributed by atoms with Crippen LogP contribution in [0.2, 0.25) is 0 Å². The normalized spacial score (nSPS) is 14.8. The van der Waals surface area contributed by atoms with E-state index in [0.29, 0.717) is 0 Å². The molecule has 0 atom stereocenters. The highest BCUT2D eigenvalue weighted by molar-refractivity contribution is 6.25. The predicted molar refractivity (Wildman–Crippen MR) is 323 cm³/mol. The first-order valence-electron chi connectivity index (χ1n) is 27.3. The van der Waals surface area contributed by atoms with E-state index in [-0.39, 0.29) is 21.7 Å². The van der Waals surface area contributed by atoms with Gasteiger partial charge in [0.2, 0.25) is 0 Å². The molecule has 3 aliphatic rings. The van der Waals surface area contributed by atoms with E-state index in [9.17, 15) is 0 Å². The van der Waals surface area contributed by atoms with Gasteiger partial charge in [-0.05, 0) is 167 Å². The maximum absolute atomic E-state index is 2.51. The maximum Gasteiger partial charge on any atom is 0.0159 e. The Balaban J connectivity index is 0.711. The molecular weight excluding hydrogens is 901 g/mol. The minimum absolute atomic E-state index is 0.0950. The summed E-state index contributed by atoms with van der Waals surface area (Å²) in [6.45, 7) is 21.3. The van der Waals surface area contributed by atoms with Crippen LogP contribution in [0.3, 0.4) is 0 Å². The standard InChI is InChI=1S/C75H64/c1-72(2,3)59-41-53-20-19-52-26-36-61(65-38-28-54(42-59)69(53)71(52)65)48-23-31-56(32-24-48)74(6,7)58-34-40-63-62-39-33-57(43-66(62)75(8,9)67(63)44-58)73(4,5)55-29-21-46(22-30-55)45-13-15-47(16-14-45)60-35-25-51-18-17-49-11-10-12-50-27-37-64(60)70(51)68(49)50/h10-11,13-36,38-44H,12,37H2,1-9H3. The highest BCUT2D eigenvalue weighted by Gasteiger charge is 2.38. The van der Waals surface area contributed by atoms with Gasteiger partial charge < -0.3 is 0 Å². The molecule has 0 N–H and O–H groups in total. The van der Waals surface area contributed by atoms with Crippen molar-refractivity contribution in [3.05, 3.63) is 250 Å². The molecule has 0 aromatic heterocycles. The van der Waals surface area contributed by atoms with Crippen molar-refractivity contribution in [1.29, 1.82) is 0 Å². The number of hydrogen-bond donors (Lipinski definition) is 0. The Bertz CT molecular complexity index is 4210. The molecule has 364 valence electrons. The van der Waals surface area contributed by atoms with Gasteiger partial charge in [-0.25, -0.2) is 0 Å². The minimum atomic E-state index is -0.194. The van der Waals surface area contributed by atoms with E-state index in [0.717, 1.165) is 12.8 Å². The molecule has 14 rings (SSSR count). The molecule has 3 aliphatic carbocycles. The molecule has 0 saturated heterocycles. The van der Waals surface area contributed by atoms with Crippen LogP contribution < -0.4 is 0 Å². The average Bonchev–Trinajstić information content (AvgIpc) is 3.65. The molecule has 0 aliphatic heterocycles. The van der Waals surface area contributed by atoms with Gasteiger partial charge in [-0.15, -0.1) is 0 Å². The van der Waals surface area contributed by atoms with Gasteiger partial charge in [0.05, 0.1) is 0 Å². The van der Waals surface area contributed by atoms with E-state index >= 15 is 0 Å². The van der Waals surface area contributed by atoms with Crippen LogP contribution in [0.1, 0.15) is 124 Å². The van der Waals surface area contributed by atoms with Gasteiger partial charge in [-0.1, -0.05) is 263 Å². The van der Waals surface area contributed by atoms with E-state index in [2.05, 4.69) is 263 Å². The van der Waals surface area contributed by atoms with Crippen molar-refractivity contribution < 1.29 is 0 Å². The number of hydrogen-bond acceptors (Lipinski definition) is 0. The number of benzene rings is 11. The second kappa shape index (κ2) is 16.1. The summed E-state index contributed by atoms with van der Waals surface area (Å²) in [6.07, 6.45) is 9.08. The maximum atomic E-state index is 2.51. The first-order valence-corrected chi connectivity index (χ1v) is 27.3. The second-order valence-electron chi connectivity index (χ2n) is 24.8. The van der Waals surface area contributed by atoms with Crippen molar-refractivity contribution in [2.45, 2.75) is 96.8 Å². The van der Waals surface area contributed by atoms with Crippen molar-refractivity contribution in [2.75, 3.05) is 0 Å². The van der Waals surface area contributed by atoms with E-state index in [1.165, 1.54) is 149 Å². The Morgan fingerprint density at radius 1 is 0.373 bits per heavy atom. The van der Waals surface area contributed by atoms with Crippen LogP contribution >= 0.6 is 0 Å². The number of rotatable bonds is 7. The van der Waals surface area contributed by atoms with E-state index in [4.69, 9.17) is 0 Å². The molecular formula is C75H64. The van der Waals surface area contributed by atoms with Crippen LogP contribution in [0, 0.1) is 0 Å². The lowest BCUT2D eigenvalue weighted by Crippen LogP contribution is -2.22. The summed E-state index contributed by atoms with van der Waals surface area (Å²) in [5, 5.41) is 10.8. The lowest BCUT2D eigenvalue weighted by Gasteiger charge is -2.30. The Hall–Kier alpha value is -7.80. The van der Waals surface area contributed by atoms with Crippen LogP contribution in [0.25, 0.3) is 99.2 Å². The van der Waals surface area contributed by atoms with Gasteiger partial charge in [0.15, 0.2) is 0 Å². The zero-order valence-electron chi connectivity index (χ0n) is 45.0. The summed E-state index contributed by atoms with van der Waals surface area (Å²) in [4.78, 5) is 0. The van der Waals surface area contributed by atoms with Crippen molar-refractivity contribution in [1.82, 2.24) is 0 Å². The summed E-state index contributed by atoms with van der Waals surface area (Å²) in [5.41, 5.74) is 25.2. The molecule has 0 heteroatoms. The third-order valence-electron chi connectivity index (χ3n) is 18.5. The quantitative estimate of drug-likeness (QED) is 0.140. The molecule has 0 bridgehead atoms. The van der Waals surface area contributed by atoms with Gasteiger partial charge in [0.1, 0.15) is 0 Å². The topological polar surface area (TPSA) is 0 Å². The predicted octanol–water partition coefficient (Wildman–Crippen LogP) is 20.4. The third kappa shape index (κ3) is 6.95. The van der Waals surface area contributed by atoms with Crippen molar-refractivity contribution >= 4 is 54.7 Å². The van der Waals surface area contributed by atoms with E-state index in [1.807, 2.05) is 0 Å². The summed E-state index contributed by atoms with van der Waals surface area (Å²) in [7, 11) is 0. The van der Waals surface area contributed by atoms with Crippen molar-refractivity contribution in [2.24, 2.45) is 0 Å². The lowest BCUT2D eigenvalue weighted by atomic mass is 9.73. The second-order valence-corrected chi connectivity index (χ2v) is 24.8. The smallest absolute Gasteiger partial charge is 0.0159 e. The van der Waals surface area contributed by atoms with Crippen molar-refractivity contribution in [3.63, 3.8) is 0 Å². The summed E-state index contributed by atoms with van der Waals surface area (Å²) < 4.78 is 0. The molecule has 0 amide bonds. The summed E-state index contributed by atoms with van der Waals surface area (Å²) in [5.74, 6) is 0. The SMILES string of the molecule is CC(C)(C)c1cc2ccc3ccc(-c4ccc(C(C)(C)c5ccc6c(c5)C(C)(C)c5cc(C(C)(C)c7ccc(-c8ccc(-c9ccc%10ccc%11c%12c%10c9CC=C%12CC=C%11)cc8)cc7)ccc5-6)cc4)c4ccc(c1)c2c34. The number of fused-ring (bicyclic) bond motifs is 3. The Labute approximate surface area is 443 Å². The molecule has 11 aromatic carbocycles. The molecule has 0 heterocycles. The van der Waals surface area contributed by atoms with Crippen LogP contribution in [-0.2, 0) is 28.1 Å². The summed E-state index contributed by atoms with van der Waals surface area (Å²) in [6, 6.07) is 70.6. The Morgan fingerprint density at radius 2 is 0.840 bits per heavy atom. The van der Waals surface area contributed by atoms with Crippen LogP contribution in [0.5, 0.6) is 0 Å². The fourth-order valence-electron chi connectivity index (χ4n) is 13.6. The van der Waals surface area contributed by atoms with Crippen LogP contribution in [0.15, 0.2) is 194 Å². The van der Waals surface area contributed by atoms with Gasteiger partial charge in [0.25, 0.3) is 0 Å². The first kappa shape index (κ1) is 45.8. The van der Waals surface area contributed by atoms with Gasteiger partial charge in [0, 0.05) is 16.2 Å². The highest BCUT2D eigenvalue weighted by Crippen LogP contribution is 2.52. The zero-order chi connectivity index (χ0) is 51.3. The van der Waals surface area contributed by atoms with Gasteiger partial charge in [-0.3, -0.25) is 0 Å². The molecule has 75 heavy (non-hydrogen) atoms. The van der Waals surface area contributed by atoms with E-state index in [1.54, 1.807) is 0 Å². The minimum Gasteiger partial charge on any atom is -0.0795 e. The molecule has 11 aromatic rings. The zero-order valence-corrected chi connectivity index (χ0v) is 45.0. The molecule has 0 unspecified atom stereocenters. The van der Waals surface area contributed by atoms with Crippen molar-refractivity contribution in [3.8, 4) is 44.5 Å². The molecule has 0 saturated carbocycles. The first-order chi connectivity index (χ1) is 36.0. The van der Waals surface area contributed by atoms with Crippen LogP contribution in [-0.4, -0.2) is 0 Å². The lowest BCUT2D eigenvalue weighted by molar-refractivity contribution is 0.591. The fraction of sp³-hybridized carbons (Fsp3) is 0.200. The third-order valence-corrected chi connectivity index (χ3v) is 18.5.